The molecule has 0 spiro atoms. The molecule has 1 heterocycles. The number of nitrogens with one attached hydrogen (secondary N) is 1. The molecule has 0 unspecified atom stereocenters. The maximum atomic E-state index is 13.3. The van der Waals surface area contributed by atoms with Gasteiger partial charge >= 0.3 is 0 Å². The van der Waals surface area contributed by atoms with E-state index in [0.29, 0.717) is 25.3 Å². The van der Waals surface area contributed by atoms with E-state index in [1.165, 1.54) is 41.7 Å². The van der Waals surface area contributed by atoms with E-state index < -0.39 is 15.9 Å². The molecule has 1 aliphatic rings. The van der Waals surface area contributed by atoms with Gasteiger partial charge in [-0.3, -0.25) is 4.79 Å². The van der Waals surface area contributed by atoms with Crippen LogP contribution < -0.4 is 10.1 Å². The number of methoxy groups -OCH3 is 1. The molecule has 0 aromatic heterocycles. The van der Waals surface area contributed by atoms with Gasteiger partial charge in [0.2, 0.25) is 10.0 Å². The highest BCUT2D eigenvalue weighted by molar-refractivity contribution is 7.89. The highest BCUT2D eigenvalue weighted by Gasteiger charge is 2.27. The average Bonchev–Trinajstić information content (AvgIpc) is 3.03. The van der Waals surface area contributed by atoms with Crippen molar-refractivity contribution in [1.29, 1.82) is 0 Å². The van der Waals surface area contributed by atoms with Crippen molar-refractivity contribution in [2.45, 2.75) is 37.0 Å². The largest absolute Gasteiger partial charge is 0.496 e. The van der Waals surface area contributed by atoms with Crippen LogP contribution >= 0.6 is 0 Å². The van der Waals surface area contributed by atoms with Gasteiger partial charge in [-0.1, -0.05) is 25.0 Å². The molecular weight excluding hydrogens is 407 g/mol. The van der Waals surface area contributed by atoms with Crippen molar-refractivity contribution in [3.05, 3.63) is 59.4 Å². The molecule has 0 saturated carbocycles. The molecule has 0 radical (unpaired) electrons. The lowest BCUT2D eigenvalue weighted by Crippen LogP contribution is -2.32. The molecular formula is C22H27FN2O4S. The van der Waals surface area contributed by atoms with Gasteiger partial charge in [0.15, 0.2) is 0 Å². The summed E-state index contributed by atoms with van der Waals surface area (Å²) in [7, 11) is -2.25. The standard InChI is InChI=1S/C22H27FN2O4S/c1-29-21-10-9-19(30(27,28)25-13-4-2-3-5-14-25)16-20(21)22(26)24-12-11-17-7-6-8-18(23)15-17/h6-10,15-16H,2-5,11-14H2,1H3,(H,24,26). The molecule has 6 nitrogen and oxygen atoms in total. The van der Waals surface area contributed by atoms with Crippen LogP contribution in [0.5, 0.6) is 5.75 Å². The number of carbonyl (C=O) groups excluding carboxylic acids is 1. The van der Waals surface area contributed by atoms with E-state index in [-0.39, 0.29) is 22.8 Å². The van der Waals surface area contributed by atoms with E-state index in [4.69, 9.17) is 4.74 Å². The first-order chi connectivity index (χ1) is 14.4. The monoisotopic (exact) mass is 434 g/mol. The lowest BCUT2D eigenvalue weighted by Gasteiger charge is -2.20. The third-order valence-electron chi connectivity index (χ3n) is 5.21. The van der Waals surface area contributed by atoms with Crippen molar-refractivity contribution in [2.75, 3.05) is 26.7 Å². The van der Waals surface area contributed by atoms with Gasteiger partial charge in [-0.15, -0.1) is 0 Å². The second-order valence-electron chi connectivity index (χ2n) is 7.32. The number of amides is 1. The fourth-order valence-corrected chi connectivity index (χ4v) is 5.11. The Labute approximate surface area is 177 Å². The quantitative estimate of drug-likeness (QED) is 0.725. The van der Waals surface area contributed by atoms with Gasteiger partial charge in [0.05, 0.1) is 17.6 Å². The minimum atomic E-state index is -3.68. The Bertz CT molecular complexity index is 986. The van der Waals surface area contributed by atoms with Crippen LogP contribution in [0.2, 0.25) is 0 Å². The number of ether oxygens (including phenoxy) is 1. The van der Waals surface area contributed by atoms with Gasteiger partial charge in [0.25, 0.3) is 5.91 Å². The summed E-state index contributed by atoms with van der Waals surface area (Å²) in [5.41, 5.74) is 0.924. The van der Waals surface area contributed by atoms with Gasteiger partial charge in [-0.25, -0.2) is 12.8 Å². The zero-order valence-electron chi connectivity index (χ0n) is 17.1. The summed E-state index contributed by atoms with van der Waals surface area (Å²) in [4.78, 5) is 12.8. The summed E-state index contributed by atoms with van der Waals surface area (Å²) >= 11 is 0. The molecule has 1 saturated heterocycles. The van der Waals surface area contributed by atoms with Crippen molar-refractivity contribution in [1.82, 2.24) is 9.62 Å². The minimum absolute atomic E-state index is 0.0838. The zero-order chi connectivity index (χ0) is 21.6. The van der Waals surface area contributed by atoms with Crippen LogP contribution in [-0.4, -0.2) is 45.4 Å². The summed E-state index contributed by atoms with van der Waals surface area (Å²) in [6.07, 6.45) is 4.17. The second kappa shape index (κ2) is 10.0. The zero-order valence-corrected chi connectivity index (χ0v) is 17.9. The number of nitrogens with zero attached hydrogens (tertiary/aromatic N) is 1. The molecule has 0 aliphatic carbocycles. The maximum Gasteiger partial charge on any atom is 0.255 e. The van der Waals surface area contributed by atoms with Crippen LogP contribution in [0, 0.1) is 5.82 Å². The SMILES string of the molecule is COc1ccc(S(=O)(=O)N2CCCCCC2)cc1C(=O)NCCc1cccc(F)c1. The molecule has 1 fully saturated rings. The molecule has 2 aromatic rings. The molecule has 8 heteroatoms. The van der Waals surface area contributed by atoms with E-state index in [1.54, 1.807) is 12.1 Å². The fourth-order valence-electron chi connectivity index (χ4n) is 3.56. The average molecular weight is 435 g/mol. The van der Waals surface area contributed by atoms with Crippen molar-refractivity contribution in [3.63, 3.8) is 0 Å². The molecule has 1 N–H and O–H groups in total. The van der Waals surface area contributed by atoms with Gasteiger partial charge in [0.1, 0.15) is 11.6 Å². The number of halogens is 1. The summed E-state index contributed by atoms with van der Waals surface area (Å²) < 4.78 is 46.2. The summed E-state index contributed by atoms with van der Waals surface area (Å²) in [6, 6.07) is 10.5. The number of rotatable bonds is 7. The summed E-state index contributed by atoms with van der Waals surface area (Å²) in [5, 5.41) is 2.76. The summed E-state index contributed by atoms with van der Waals surface area (Å²) in [6.45, 7) is 1.27. The summed E-state index contributed by atoms with van der Waals surface area (Å²) in [5.74, 6) is -0.462. The first kappa shape index (κ1) is 22.2. The van der Waals surface area contributed by atoms with Crippen molar-refractivity contribution in [3.8, 4) is 5.75 Å². The molecule has 1 aliphatic heterocycles. The topological polar surface area (TPSA) is 75.7 Å². The van der Waals surface area contributed by atoms with Gasteiger partial charge < -0.3 is 10.1 Å². The van der Waals surface area contributed by atoms with Crippen LogP contribution in [0.4, 0.5) is 4.39 Å². The van der Waals surface area contributed by atoms with E-state index >= 15 is 0 Å². The van der Waals surface area contributed by atoms with Crippen LogP contribution in [-0.2, 0) is 16.4 Å². The third kappa shape index (κ3) is 5.37. The predicted octanol–water partition coefficient (Wildman–Crippen LogP) is 3.37. The number of sulfonamides is 1. The van der Waals surface area contributed by atoms with Crippen LogP contribution in [0.25, 0.3) is 0 Å². The number of hydrogen-bond donors (Lipinski definition) is 1. The molecule has 3 rings (SSSR count). The molecule has 1 amide bonds. The lowest BCUT2D eigenvalue weighted by atomic mass is 10.1. The van der Waals surface area contributed by atoms with E-state index in [9.17, 15) is 17.6 Å². The third-order valence-corrected chi connectivity index (χ3v) is 7.10. The highest BCUT2D eigenvalue weighted by Crippen LogP contribution is 2.26. The van der Waals surface area contributed by atoms with E-state index in [0.717, 1.165) is 31.2 Å². The fraction of sp³-hybridized carbons (Fsp3) is 0.409. The highest BCUT2D eigenvalue weighted by atomic mass is 32.2. The Hall–Kier alpha value is -2.45. The van der Waals surface area contributed by atoms with Crippen molar-refractivity contribution >= 4 is 15.9 Å². The molecule has 0 atom stereocenters. The molecule has 2 aromatic carbocycles. The van der Waals surface area contributed by atoms with E-state index in [2.05, 4.69) is 5.32 Å². The number of carbonyl (C=O) groups is 1. The van der Waals surface area contributed by atoms with Crippen LogP contribution in [0.1, 0.15) is 41.6 Å². The smallest absolute Gasteiger partial charge is 0.255 e. The minimum Gasteiger partial charge on any atom is -0.496 e. The lowest BCUT2D eigenvalue weighted by molar-refractivity contribution is 0.0951. The molecule has 30 heavy (non-hydrogen) atoms. The molecule has 162 valence electrons. The van der Waals surface area contributed by atoms with Gasteiger partial charge in [-0.05, 0) is 55.2 Å². The van der Waals surface area contributed by atoms with Crippen molar-refractivity contribution < 1.29 is 22.3 Å². The predicted molar refractivity (Wildman–Crippen MR) is 113 cm³/mol. The van der Waals surface area contributed by atoms with Crippen LogP contribution in [0.3, 0.4) is 0 Å². The Morgan fingerprint density at radius 1 is 1.10 bits per heavy atom. The number of hydrogen-bond acceptors (Lipinski definition) is 4. The van der Waals surface area contributed by atoms with Crippen LogP contribution in [0.15, 0.2) is 47.4 Å². The Balaban J connectivity index is 1.75. The first-order valence-corrected chi connectivity index (χ1v) is 11.6. The Kier molecular flexibility index (Phi) is 7.44. The first-order valence-electron chi connectivity index (χ1n) is 10.1. The van der Waals surface area contributed by atoms with Gasteiger partial charge in [-0.2, -0.15) is 4.31 Å². The second-order valence-corrected chi connectivity index (χ2v) is 9.25. The maximum absolute atomic E-state index is 13.3. The van der Waals surface area contributed by atoms with Crippen molar-refractivity contribution in [2.24, 2.45) is 0 Å². The normalized spacial score (nSPS) is 15.4. The Morgan fingerprint density at radius 2 is 1.83 bits per heavy atom. The van der Waals surface area contributed by atoms with Gasteiger partial charge in [0, 0.05) is 19.6 Å². The molecule has 0 bridgehead atoms. The number of benzene rings is 2. The van der Waals surface area contributed by atoms with E-state index in [1.807, 2.05) is 0 Å². The Morgan fingerprint density at radius 3 is 2.50 bits per heavy atom.